The van der Waals surface area contributed by atoms with Crippen molar-refractivity contribution in [2.24, 2.45) is 5.92 Å². The monoisotopic (exact) mass is 386 g/mol. The predicted molar refractivity (Wildman–Crippen MR) is 104 cm³/mol. The molecule has 1 heterocycles. The number of carboxylic acid groups (broad SMARTS) is 2. The van der Waals surface area contributed by atoms with Crippen molar-refractivity contribution < 1.29 is 24.5 Å². The molecule has 2 atom stereocenters. The average Bonchev–Trinajstić information content (AvgIpc) is 2.66. The summed E-state index contributed by atoms with van der Waals surface area (Å²) in [5, 5.41) is 21.7. The molecular weight excluding hydrogens is 360 g/mol. The van der Waals surface area contributed by atoms with Gasteiger partial charge in [0.05, 0.1) is 0 Å². The number of nitrogens with one attached hydrogen (secondary N) is 1. The lowest BCUT2D eigenvalue weighted by atomic mass is 10.0. The van der Waals surface area contributed by atoms with Crippen molar-refractivity contribution in [2.45, 2.75) is 45.4 Å². The van der Waals surface area contributed by atoms with E-state index in [1.165, 1.54) is 0 Å². The first-order valence-corrected chi connectivity index (χ1v) is 9.17. The highest BCUT2D eigenvalue weighted by Gasteiger charge is 2.26. The number of aliphatic carboxylic acids is 2. The lowest BCUT2D eigenvalue weighted by Gasteiger charge is -2.22. The molecule has 0 saturated heterocycles. The van der Waals surface area contributed by atoms with Crippen molar-refractivity contribution in [1.82, 2.24) is 10.3 Å². The van der Waals surface area contributed by atoms with Gasteiger partial charge in [0, 0.05) is 12.4 Å². The number of nitrogens with zero attached hydrogens (tertiary/aromatic N) is 1. The normalized spacial score (nSPS) is 13.1. The Morgan fingerprint density at radius 3 is 2.32 bits per heavy atom. The van der Waals surface area contributed by atoms with Gasteiger partial charge in [0.15, 0.2) is 0 Å². The molecule has 0 bridgehead atoms. The Labute approximate surface area is 164 Å². The zero-order chi connectivity index (χ0) is 20.5. The van der Waals surface area contributed by atoms with E-state index < -0.39 is 24.0 Å². The molecular formula is C21H26N2O5. The second-order valence-corrected chi connectivity index (χ2v) is 7.07. The quantitative estimate of drug-likeness (QED) is 0.545. The molecule has 1 aromatic carbocycles. The molecule has 28 heavy (non-hydrogen) atoms. The summed E-state index contributed by atoms with van der Waals surface area (Å²) in [4.78, 5) is 27.0. The Balaban J connectivity index is 2.04. The van der Waals surface area contributed by atoms with Crippen LogP contribution >= 0.6 is 0 Å². The van der Waals surface area contributed by atoms with Crippen LogP contribution in [-0.2, 0) is 22.6 Å². The van der Waals surface area contributed by atoms with Gasteiger partial charge in [-0.2, -0.15) is 0 Å². The molecule has 2 rings (SSSR count). The number of carbonyl (C=O) groups is 2. The van der Waals surface area contributed by atoms with Gasteiger partial charge in [-0.25, -0.2) is 0 Å². The van der Waals surface area contributed by atoms with Crippen molar-refractivity contribution in [1.29, 1.82) is 0 Å². The maximum absolute atomic E-state index is 11.7. The average molecular weight is 386 g/mol. The van der Waals surface area contributed by atoms with E-state index in [9.17, 15) is 19.8 Å². The van der Waals surface area contributed by atoms with Gasteiger partial charge in [0.1, 0.15) is 24.4 Å². The molecule has 1 aromatic heterocycles. The third kappa shape index (κ3) is 7.00. The number of ether oxygens (including phenoxy) is 1. The van der Waals surface area contributed by atoms with Crippen LogP contribution in [0.25, 0.3) is 0 Å². The standard InChI is InChI=1S/C21H26N2O5/c1-14(2)10-18(20(24)25)23-19(21(26)27)12-16-4-3-5-17(11-16)28-13-15-6-8-22-9-7-15/h3-9,11,14,18-19,23H,10,12-13H2,1-2H3,(H,24,25)(H,26,27)/t18-,19-/m0/s1. The van der Waals surface area contributed by atoms with Crippen molar-refractivity contribution in [3.8, 4) is 5.75 Å². The molecule has 0 aliphatic heterocycles. The molecule has 2 aromatic rings. The number of pyridine rings is 1. The van der Waals surface area contributed by atoms with Crippen molar-refractivity contribution in [2.75, 3.05) is 0 Å². The molecule has 0 spiro atoms. The SMILES string of the molecule is CC(C)C[C@H](N[C@@H](Cc1cccc(OCc2ccncc2)c1)C(=O)O)C(=O)O. The summed E-state index contributed by atoms with van der Waals surface area (Å²) in [6, 6.07) is 8.96. The third-order valence-electron chi connectivity index (χ3n) is 4.20. The largest absolute Gasteiger partial charge is 0.489 e. The first-order valence-electron chi connectivity index (χ1n) is 9.17. The molecule has 150 valence electrons. The Kier molecular flexibility index (Phi) is 7.95. The van der Waals surface area contributed by atoms with Crippen LogP contribution < -0.4 is 10.1 Å². The van der Waals surface area contributed by atoms with Gasteiger partial charge in [0.2, 0.25) is 0 Å². The summed E-state index contributed by atoms with van der Waals surface area (Å²) >= 11 is 0. The molecule has 0 radical (unpaired) electrons. The minimum Gasteiger partial charge on any atom is -0.489 e. The highest BCUT2D eigenvalue weighted by Crippen LogP contribution is 2.17. The molecule has 0 amide bonds. The Bertz CT molecular complexity index is 779. The van der Waals surface area contributed by atoms with Crippen LogP contribution in [0.15, 0.2) is 48.8 Å². The summed E-state index contributed by atoms with van der Waals surface area (Å²) in [7, 11) is 0. The molecule has 7 heteroatoms. The van der Waals surface area contributed by atoms with Gasteiger partial charge < -0.3 is 14.9 Å². The summed E-state index contributed by atoms with van der Waals surface area (Å²) in [6.45, 7) is 4.18. The molecule has 7 nitrogen and oxygen atoms in total. The molecule has 0 saturated carbocycles. The van der Waals surface area contributed by atoms with Crippen LogP contribution in [0, 0.1) is 5.92 Å². The van der Waals surface area contributed by atoms with Crippen LogP contribution in [0.2, 0.25) is 0 Å². The second kappa shape index (κ2) is 10.4. The zero-order valence-corrected chi connectivity index (χ0v) is 16.0. The number of hydrogen-bond donors (Lipinski definition) is 3. The van der Waals surface area contributed by atoms with E-state index in [2.05, 4.69) is 10.3 Å². The van der Waals surface area contributed by atoms with E-state index in [0.29, 0.717) is 18.8 Å². The van der Waals surface area contributed by atoms with Crippen molar-refractivity contribution in [3.63, 3.8) is 0 Å². The fourth-order valence-electron chi connectivity index (χ4n) is 2.82. The van der Waals surface area contributed by atoms with Gasteiger partial charge in [-0.1, -0.05) is 26.0 Å². The molecule has 0 aliphatic rings. The van der Waals surface area contributed by atoms with Crippen LogP contribution in [-0.4, -0.2) is 39.2 Å². The van der Waals surface area contributed by atoms with Gasteiger partial charge >= 0.3 is 11.9 Å². The van der Waals surface area contributed by atoms with E-state index in [1.807, 2.05) is 26.0 Å². The van der Waals surface area contributed by atoms with E-state index in [4.69, 9.17) is 4.74 Å². The summed E-state index contributed by atoms with van der Waals surface area (Å²) < 4.78 is 5.76. The lowest BCUT2D eigenvalue weighted by molar-refractivity contribution is -0.142. The summed E-state index contributed by atoms with van der Waals surface area (Å²) in [6.07, 6.45) is 3.89. The third-order valence-corrected chi connectivity index (χ3v) is 4.20. The van der Waals surface area contributed by atoms with Crippen LogP contribution in [0.1, 0.15) is 31.4 Å². The van der Waals surface area contributed by atoms with Crippen LogP contribution in [0.3, 0.4) is 0 Å². The van der Waals surface area contributed by atoms with Gasteiger partial charge in [-0.15, -0.1) is 0 Å². The Hall–Kier alpha value is -2.93. The Morgan fingerprint density at radius 2 is 1.71 bits per heavy atom. The Morgan fingerprint density at radius 1 is 1.04 bits per heavy atom. The second-order valence-electron chi connectivity index (χ2n) is 7.07. The zero-order valence-electron chi connectivity index (χ0n) is 16.0. The van der Waals surface area contributed by atoms with Crippen LogP contribution in [0.4, 0.5) is 0 Å². The van der Waals surface area contributed by atoms with Crippen molar-refractivity contribution >= 4 is 11.9 Å². The number of hydrogen-bond acceptors (Lipinski definition) is 5. The van der Waals surface area contributed by atoms with Gasteiger partial charge in [-0.3, -0.25) is 19.9 Å². The molecule has 0 fully saturated rings. The van der Waals surface area contributed by atoms with Crippen LogP contribution in [0.5, 0.6) is 5.75 Å². The van der Waals surface area contributed by atoms with E-state index in [-0.39, 0.29) is 12.3 Å². The first-order chi connectivity index (χ1) is 13.3. The fourth-order valence-corrected chi connectivity index (χ4v) is 2.82. The first kappa shape index (κ1) is 21.4. The number of aromatic nitrogens is 1. The number of benzene rings is 1. The van der Waals surface area contributed by atoms with E-state index in [1.54, 1.807) is 36.7 Å². The van der Waals surface area contributed by atoms with E-state index in [0.717, 1.165) is 11.1 Å². The maximum Gasteiger partial charge on any atom is 0.321 e. The summed E-state index contributed by atoms with van der Waals surface area (Å²) in [5.41, 5.74) is 1.73. The fraction of sp³-hybridized carbons (Fsp3) is 0.381. The van der Waals surface area contributed by atoms with Crippen molar-refractivity contribution in [3.05, 3.63) is 59.9 Å². The van der Waals surface area contributed by atoms with E-state index >= 15 is 0 Å². The highest BCUT2D eigenvalue weighted by atomic mass is 16.5. The maximum atomic E-state index is 11.7. The highest BCUT2D eigenvalue weighted by molar-refractivity contribution is 5.77. The predicted octanol–water partition coefficient (Wildman–Crippen LogP) is 2.75. The van der Waals surface area contributed by atoms with Gasteiger partial charge in [-0.05, 0) is 54.2 Å². The smallest absolute Gasteiger partial charge is 0.321 e. The summed E-state index contributed by atoms with van der Waals surface area (Å²) in [5.74, 6) is -1.38. The number of rotatable bonds is 11. The minimum atomic E-state index is -1.09. The lowest BCUT2D eigenvalue weighted by Crippen LogP contribution is -2.48. The molecule has 0 aliphatic carbocycles. The topological polar surface area (TPSA) is 109 Å². The molecule has 0 unspecified atom stereocenters. The molecule has 3 N–H and O–H groups in total. The number of carboxylic acids is 2. The van der Waals surface area contributed by atoms with Gasteiger partial charge in [0.25, 0.3) is 0 Å². The minimum absolute atomic E-state index is 0.132.